The van der Waals surface area contributed by atoms with E-state index in [0.29, 0.717) is 12.3 Å². The Labute approximate surface area is 136 Å². The number of furan rings is 2. The molecule has 0 bridgehead atoms. The normalized spacial score (nSPS) is 10.4. The fourth-order valence-electron chi connectivity index (χ4n) is 1.96. The van der Waals surface area contributed by atoms with Gasteiger partial charge in [-0.15, -0.1) is 11.3 Å². The molecule has 3 aromatic heterocycles. The molecule has 0 saturated carbocycles. The lowest BCUT2D eigenvalue weighted by molar-refractivity contribution is -0.139. The maximum Gasteiger partial charge on any atom is 0.309 e. The van der Waals surface area contributed by atoms with Crippen LogP contribution in [0.2, 0.25) is 0 Å². The van der Waals surface area contributed by atoms with Gasteiger partial charge in [0, 0.05) is 10.4 Å². The molecule has 3 heterocycles. The average molecular weight is 330 g/mol. The number of thiophene rings is 1. The molecule has 3 aromatic rings. The molecule has 118 valence electrons. The summed E-state index contributed by atoms with van der Waals surface area (Å²) in [6.07, 6.45) is 4.78. The van der Waals surface area contributed by atoms with Gasteiger partial charge >= 0.3 is 11.8 Å². The van der Waals surface area contributed by atoms with Gasteiger partial charge in [0.05, 0.1) is 31.9 Å². The Morgan fingerprint density at radius 1 is 1.04 bits per heavy atom. The van der Waals surface area contributed by atoms with Crippen molar-refractivity contribution in [2.45, 2.75) is 13.1 Å². The van der Waals surface area contributed by atoms with Crippen molar-refractivity contribution in [1.82, 2.24) is 10.6 Å². The molecule has 0 aromatic carbocycles. The summed E-state index contributed by atoms with van der Waals surface area (Å²) in [5.74, 6) is -0.767. The fourth-order valence-corrected chi connectivity index (χ4v) is 2.79. The second kappa shape index (κ2) is 6.97. The van der Waals surface area contributed by atoms with Crippen molar-refractivity contribution >= 4 is 23.2 Å². The van der Waals surface area contributed by atoms with Crippen molar-refractivity contribution in [3.05, 3.63) is 59.1 Å². The van der Waals surface area contributed by atoms with Crippen molar-refractivity contribution in [2.24, 2.45) is 0 Å². The van der Waals surface area contributed by atoms with Gasteiger partial charge in [-0.1, -0.05) is 0 Å². The Balaban J connectivity index is 1.48. The van der Waals surface area contributed by atoms with Crippen molar-refractivity contribution in [2.75, 3.05) is 0 Å². The molecule has 0 saturated heterocycles. The second-order valence-corrected chi connectivity index (χ2v) is 5.75. The van der Waals surface area contributed by atoms with Crippen LogP contribution in [-0.4, -0.2) is 11.8 Å². The van der Waals surface area contributed by atoms with Crippen LogP contribution in [0.1, 0.15) is 10.6 Å². The fraction of sp³-hybridized carbons (Fsp3) is 0.125. The Bertz CT molecular complexity index is 775. The van der Waals surface area contributed by atoms with E-state index < -0.39 is 11.8 Å². The van der Waals surface area contributed by atoms with Crippen molar-refractivity contribution in [3.8, 4) is 11.1 Å². The first-order valence-corrected chi connectivity index (χ1v) is 7.79. The summed E-state index contributed by atoms with van der Waals surface area (Å²) in [6.45, 7) is 0.485. The molecule has 3 rings (SSSR count). The first-order valence-electron chi connectivity index (χ1n) is 6.91. The number of hydrogen-bond acceptors (Lipinski definition) is 5. The molecule has 0 spiro atoms. The summed E-state index contributed by atoms with van der Waals surface area (Å²) < 4.78 is 10.1. The van der Waals surface area contributed by atoms with Crippen LogP contribution in [0.25, 0.3) is 11.1 Å². The van der Waals surface area contributed by atoms with E-state index >= 15 is 0 Å². The summed E-state index contributed by atoms with van der Waals surface area (Å²) in [4.78, 5) is 24.4. The number of carbonyl (C=O) groups is 2. The molecule has 0 radical (unpaired) electrons. The number of carbonyl (C=O) groups excluding carboxylic acids is 2. The van der Waals surface area contributed by atoms with Crippen LogP contribution < -0.4 is 10.6 Å². The van der Waals surface area contributed by atoms with Gasteiger partial charge in [0.2, 0.25) is 0 Å². The number of rotatable bonds is 5. The highest BCUT2D eigenvalue weighted by Crippen LogP contribution is 2.25. The molecule has 7 heteroatoms. The average Bonchev–Trinajstić information content (AvgIpc) is 3.32. The minimum atomic E-state index is -0.687. The Morgan fingerprint density at radius 3 is 2.57 bits per heavy atom. The molecule has 0 atom stereocenters. The summed E-state index contributed by atoms with van der Waals surface area (Å²) in [6, 6.07) is 7.26. The van der Waals surface area contributed by atoms with Crippen LogP contribution in [0.5, 0.6) is 0 Å². The molecular weight excluding hydrogens is 316 g/mol. The lowest BCUT2D eigenvalue weighted by Gasteiger charge is -2.04. The standard InChI is InChI=1S/C16H14N2O4S/c19-15(17-7-13-2-1-4-22-13)16(20)18-8-14-6-12(10-23-14)11-3-5-21-9-11/h1-6,9-10H,7-8H2,(H,17,19)(H,18,20). The predicted octanol–water partition coefficient (Wildman–Crippen LogP) is 2.53. The lowest BCUT2D eigenvalue weighted by atomic mass is 10.2. The van der Waals surface area contributed by atoms with Gasteiger partial charge < -0.3 is 19.5 Å². The van der Waals surface area contributed by atoms with Gasteiger partial charge in [-0.2, -0.15) is 0 Å². The predicted molar refractivity (Wildman–Crippen MR) is 84.4 cm³/mol. The second-order valence-electron chi connectivity index (χ2n) is 4.76. The minimum Gasteiger partial charge on any atom is -0.472 e. The zero-order valence-electron chi connectivity index (χ0n) is 12.1. The molecule has 0 unspecified atom stereocenters. The van der Waals surface area contributed by atoms with E-state index in [4.69, 9.17) is 8.83 Å². The monoisotopic (exact) mass is 330 g/mol. The highest BCUT2D eigenvalue weighted by molar-refractivity contribution is 7.10. The van der Waals surface area contributed by atoms with E-state index in [2.05, 4.69) is 10.6 Å². The van der Waals surface area contributed by atoms with E-state index in [1.54, 1.807) is 24.7 Å². The summed E-state index contributed by atoms with van der Waals surface area (Å²) in [7, 11) is 0. The lowest BCUT2D eigenvalue weighted by Crippen LogP contribution is -2.39. The summed E-state index contributed by atoms with van der Waals surface area (Å²) in [5.41, 5.74) is 2.00. The molecular formula is C16H14N2O4S. The van der Waals surface area contributed by atoms with E-state index in [9.17, 15) is 9.59 Å². The van der Waals surface area contributed by atoms with Gasteiger partial charge in [-0.05, 0) is 35.2 Å². The number of hydrogen-bond donors (Lipinski definition) is 2. The number of amides is 2. The third-order valence-corrected chi connectivity index (χ3v) is 4.08. The molecule has 0 fully saturated rings. The van der Waals surface area contributed by atoms with Crippen LogP contribution in [0.15, 0.2) is 57.3 Å². The van der Waals surface area contributed by atoms with Gasteiger partial charge in [0.15, 0.2) is 0 Å². The Kier molecular flexibility index (Phi) is 4.58. The van der Waals surface area contributed by atoms with E-state index in [0.717, 1.165) is 16.0 Å². The van der Waals surface area contributed by atoms with Crippen LogP contribution in [0, 0.1) is 0 Å². The Morgan fingerprint density at radius 2 is 1.87 bits per heavy atom. The van der Waals surface area contributed by atoms with Crippen molar-refractivity contribution in [1.29, 1.82) is 0 Å². The Hall–Kier alpha value is -2.80. The van der Waals surface area contributed by atoms with E-state index in [1.165, 1.54) is 17.6 Å². The molecule has 0 aliphatic rings. The van der Waals surface area contributed by atoms with E-state index in [1.807, 2.05) is 17.5 Å². The highest BCUT2D eigenvalue weighted by atomic mass is 32.1. The first kappa shape index (κ1) is 15.1. The molecule has 0 aliphatic carbocycles. The molecule has 2 N–H and O–H groups in total. The molecule has 2 amide bonds. The SMILES string of the molecule is O=C(NCc1ccco1)C(=O)NCc1cc(-c2ccoc2)cs1. The summed E-state index contributed by atoms with van der Waals surface area (Å²) >= 11 is 1.51. The smallest absolute Gasteiger partial charge is 0.309 e. The number of nitrogens with one attached hydrogen (secondary N) is 2. The van der Waals surface area contributed by atoms with Gasteiger partial charge in [0.1, 0.15) is 5.76 Å². The van der Waals surface area contributed by atoms with Crippen LogP contribution in [-0.2, 0) is 22.7 Å². The third-order valence-electron chi connectivity index (χ3n) is 3.14. The van der Waals surface area contributed by atoms with Gasteiger partial charge in [0.25, 0.3) is 0 Å². The topological polar surface area (TPSA) is 84.5 Å². The maximum absolute atomic E-state index is 11.7. The van der Waals surface area contributed by atoms with Crippen molar-refractivity contribution < 1.29 is 18.4 Å². The van der Waals surface area contributed by atoms with Crippen molar-refractivity contribution in [3.63, 3.8) is 0 Å². The molecule has 6 nitrogen and oxygen atoms in total. The third kappa shape index (κ3) is 3.89. The van der Waals surface area contributed by atoms with Gasteiger partial charge in [-0.25, -0.2) is 0 Å². The quantitative estimate of drug-likeness (QED) is 0.704. The first-order chi connectivity index (χ1) is 11.2. The van der Waals surface area contributed by atoms with Crippen LogP contribution in [0.4, 0.5) is 0 Å². The highest BCUT2D eigenvalue weighted by Gasteiger charge is 2.13. The zero-order valence-corrected chi connectivity index (χ0v) is 12.9. The summed E-state index contributed by atoms with van der Waals surface area (Å²) in [5, 5.41) is 7.06. The molecule has 23 heavy (non-hydrogen) atoms. The van der Waals surface area contributed by atoms with Gasteiger partial charge in [-0.3, -0.25) is 9.59 Å². The minimum absolute atomic E-state index is 0.183. The molecule has 0 aliphatic heterocycles. The zero-order chi connectivity index (χ0) is 16.1. The van der Waals surface area contributed by atoms with Crippen LogP contribution in [0.3, 0.4) is 0 Å². The van der Waals surface area contributed by atoms with E-state index in [-0.39, 0.29) is 6.54 Å². The largest absolute Gasteiger partial charge is 0.472 e. The maximum atomic E-state index is 11.7. The van der Waals surface area contributed by atoms with Crippen LogP contribution >= 0.6 is 11.3 Å².